The van der Waals surface area contributed by atoms with Gasteiger partial charge in [-0.15, -0.1) is 11.3 Å². The Labute approximate surface area is 123 Å². The van der Waals surface area contributed by atoms with Crippen molar-refractivity contribution in [1.82, 2.24) is 15.0 Å². The van der Waals surface area contributed by atoms with Crippen LogP contribution >= 0.6 is 11.3 Å². The lowest BCUT2D eigenvalue weighted by Crippen LogP contribution is -2.09. The molecule has 2 aromatic heterocycles. The van der Waals surface area contributed by atoms with Gasteiger partial charge in [-0.1, -0.05) is 0 Å². The second-order valence-electron chi connectivity index (χ2n) is 4.54. The van der Waals surface area contributed by atoms with Gasteiger partial charge in [0.1, 0.15) is 11.6 Å². The van der Waals surface area contributed by atoms with Gasteiger partial charge >= 0.3 is 0 Å². The van der Waals surface area contributed by atoms with Crippen LogP contribution in [0.4, 0.5) is 5.82 Å². The highest BCUT2D eigenvalue weighted by Crippen LogP contribution is 2.22. The van der Waals surface area contributed by atoms with Crippen molar-refractivity contribution in [3.05, 3.63) is 27.5 Å². The number of aryl methyl sites for hydroxylation is 2. The lowest BCUT2D eigenvalue weighted by Gasteiger charge is -2.12. The largest absolute Gasteiger partial charge is 0.477 e. The van der Waals surface area contributed by atoms with Crippen molar-refractivity contribution in [2.75, 3.05) is 18.5 Å². The highest BCUT2D eigenvalue weighted by Gasteiger charge is 2.10. The fourth-order valence-electron chi connectivity index (χ4n) is 1.89. The maximum absolute atomic E-state index is 5.82. The van der Waals surface area contributed by atoms with E-state index in [2.05, 4.69) is 20.3 Å². The van der Waals surface area contributed by atoms with Gasteiger partial charge in [-0.25, -0.2) is 9.97 Å². The summed E-state index contributed by atoms with van der Waals surface area (Å²) in [7, 11) is 0. The smallest absolute Gasteiger partial charge is 0.221 e. The molecule has 0 aliphatic rings. The normalized spacial score (nSPS) is 10.6. The van der Waals surface area contributed by atoms with Crippen molar-refractivity contribution < 1.29 is 4.74 Å². The van der Waals surface area contributed by atoms with E-state index in [1.54, 1.807) is 11.3 Å². The number of ether oxygens (including phenoxy) is 1. The molecule has 0 aliphatic carbocycles. The molecule has 5 nitrogen and oxygen atoms in total. The van der Waals surface area contributed by atoms with E-state index in [4.69, 9.17) is 4.74 Å². The molecule has 0 bridgehead atoms. The fraction of sp³-hybridized carbons (Fsp3) is 0.500. The van der Waals surface area contributed by atoms with E-state index in [9.17, 15) is 0 Å². The molecule has 2 aromatic rings. The molecule has 20 heavy (non-hydrogen) atoms. The molecule has 2 rings (SSSR count). The third-order valence-electron chi connectivity index (χ3n) is 2.97. The van der Waals surface area contributed by atoms with Crippen molar-refractivity contribution in [1.29, 1.82) is 0 Å². The molecule has 0 spiro atoms. The van der Waals surface area contributed by atoms with E-state index in [-0.39, 0.29) is 0 Å². The number of rotatable bonds is 6. The maximum atomic E-state index is 5.82. The lowest BCUT2D eigenvalue weighted by molar-refractivity contribution is 0.306. The molecule has 6 heteroatoms. The SMILES string of the molecule is CCNc1nc(C)nc(OCCc2scnc2C)c1C. The van der Waals surface area contributed by atoms with Gasteiger partial charge in [-0.2, -0.15) is 4.98 Å². The Hall–Kier alpha value is -1.69. The molecule has 0 unspecified atom stereocenters. The summed E-state index contributed by atoms with van der Waals surface area (Å²) in [5, 5.41) is 3.23. The fourth-order valence-corrected chi connectivity index (χ4v) is 2.65. The lowest BCUT2D eigenvalue weighted by atomic mass is 10.3. The predicted molar refractivity (Wildman–Crippen MR) is 81.7 cm³/mol. The monoisotopic (exact) mass is 292 g/mol. The Balaban J connectivity index is 2.04. The molecule has 0 radical (unpaired) electrons. The number of nitrogens with zero attached hydrogens (tertiary/aromatic N) is 3. The second-order valence-corrected chi connectivity index (χ2v) is 5.48. The summed E-state index contributed by atoms with van der Waals surface area (Å²) >= 11 is 1.67. The maximum Gasteiger partial charge on any atom is 0.221 e. The highest BCUT2D eigenvalue weighted by molar-refractivity contribution is 7.09. The minimum Gasteiger partial charge on any atom is -0.477 e. The first-order chi connectivity index (χ1) is 9.61. The first-order valence-corrected chi connectivity index (χ1v) is 7.60. The molecular formula is C14H20N4OS. The van der Waals surface area contributed by atoms with Gasteiger partial charge < -0.3 is 10.1 Å². The van der Waals surface area contributed by atoms with Gasteiger partial charge in [0.15, 0.2) is 0 Å². The summed E-state index contributed by atoms with van der Waals surface area (Å²) in [5.74, 6) is 2.23. The van der Waals surface area contributed by atoms with Gasteiger partial charge in [-0.3, -0.25) is 0 Å². The van der Waals surface area contributed by atoms with Crippen LogP contribution in [0, 0.1) is 20.8 Å². The Bertz CT molecular complexity index is 583. The molecule has 0 saturated carbocycles. The summed E-state index contributed by atoms with van der Waals surface area (Å²) < 4.78 is 5.82. The van der Waals surface area contributed by atoms with Gasteiger partial charge in [0.25, 0.3) is 0 Å². The summed E-state index contributed by atoms with van der Waals surface area (Å²) in [6.45, 7) is 9.35. The molecule has 0 aliphatic heterocycles. The van der Waals surface area contributed by atoms with Crippen LogP contribution in [0.5, 0.6) is 5.88 Å². The quantitative estimate of drug-likeness (QED) is 0.887. The third kappa shape index (κ3) is 3.45. The summed E-state index contributed by atoms with van der Waals surface area (Å²) in [6, 6.07) is 0. The molecule has 0 saturated heterocycles. The van der Waals surface area contributed by atoms with Crippen LogP contribution in [0.25, 0.3) is 0 Å². The van der Waals surface area contributed by atoms with Gasteiger partial charge in [0.05, 0.1) is 23.4 Å². The van der Waals surface area contributed by atoms with E-state index in [1.165, 1.54) is 4.88 Å². The number of aromatic nitrogens is 3. The minimum absolute atomic E-state index is 0.603. The number of hydrogen-bond acceptors (Lipinski definition) is 6. The van der Waals surface area contributed by atoms with Crippen LogP contribution in [-0.2, 0) is 6.42 Å². The van der Waals surface area contributed by atoms with Crippen LogP contribution in [0.1, 0.15) is 28.9 Å². The third-order valence-corrected chi connectivity index (χ3v) is 3.96. The molecular weight excluding hydrogens is 272 g/mol. The number of nitrogens with one attached hydrogen (secondary N) is 1. The van der Waals surface area contributed by atoms with Crippen LogP contribution in [0.2, 0.25) is 0 Å². The average Bonchev–Trinajstić information content (AvgIpc) is 2.81. The Morgan fingerprint density at radius 1 is 1.25 bits per heavy atom. The molecule has 0 fully saturated rings. The zero-order chi connectivity index (χ0) is 14.5. The van der Waals surface area contributed by atoms with Gasteiger partial charge in [0.2, 0.25) is 5.88 Å². The van der Waals surface area contributed by atoms with Crippen molar-refractivity contribution in [3.63, 3.8) is 0 Å². The van der Waals surface area contributed by atoms with Crippen molar-refractivity contribution in [2.45, 2.75) is 34.1 Å². The topological polar surface area (TPSA) is 59.9 Å². The highest BCUT2D eigenvalue weighted by atomic mass is 32.1. The van der Waals surface area contributed by atoms with Crippen molar-refractivity contribution >= 4 is 17.2 Å². The zero-order valence-corrected chi connectivity index (χ0v) is 13.2. The van der Waals surface area contributed by atoms with Crippen LogP contribution < -0.4 is 10.1 Å². The molecule has 0 atom stereocenters. The molecule has 108 valence electrons. The molecule has 0 amide bonds. The predicted octanol–water partition coefficient (Wildman–Crippen LogP) is 2.91. The summed E-state index contributed by atoms with van der Waals surface area (Å²) in [5.41, 5.74) is 3.91. The van der Waals surface area contributed by atoms with Crippen molar-refractivity contribution in [3.8, 4) is 5.88 Å². The second kappa shape index (κ2) is 6.65. The molecule has 1 N–H and O–H groups in total. The number of hydrogen-bond donors (Lipinski definition) is 1. The van der Waals surface area contributed by atoms with E-state index in [0.29, 0.717) is 12.5 Å². The minimum atomic E-state index is 0.603. The van der Waals surface area contributed by atoms with Gasteiger partial charge in [-0.05, 0) is 27.7 Å². The Kier molecular flexibility index (Phi) is 4.89. The first kappa shape index (κ1) is 14.7. The van der Waals surface area contributed by atoms with E-state index in [0.717, 1.165) is 35.9 Å². The number of thiazole rings is 1. The zero-order valence-electron chi connectivity index (χ0n) is 12.4. The van der Waals surface area contributed by atoms with Crippen molar-refractivity contribution in [2.24, 2.45) is 0 Å². The average molecular weight is 292 g/mol. The number of anilines is 1. The molecule has 2 heterocycles. The summed E-state index contributed by atoms with van der Waals surface area (Å²) in [4.78, 5) is 14.3. The van der Waals surface area contributed by atoms with E-state index < -0.39 is 0 Å². The first-order valence-electron chi connectivity index (χ1n) is 6.72. The van der Waals surface area contributed by atoms with Crippen LogP contribution in [0.3, 0.4) is 0 Å². The van der Waals surface area contributed by atoms with E-state index in [1.807, 2.05) is 33.2 Å². The van der Waals surface area contributed by atoms with Crippen LogP contribution in [0.15, 0.2) is 5.51 Å². The van der Waals surface area contributed by atoms with E-state index >= 15 is 0 Å². The summed E-state index contributed by atoms with van der Waals surface area (Å²) in [6.07, 6.45) is 0.857. The standard InChI is InChI=1S/C14H20N4OS/c1-5-15-13-9(2)14(18-11(4)17-13)19-7-6-12-10(3)16-8-20-12/h8H,5-7H2,1-4H3,(H,15,17,18). The van der Waals surface area contributed by atoms with Crippen LogP contribution in [-0.4, -0.2) is 28.1 Å². The van der Waals surface area contributed by atoms with Gasteiger partial charge in [0, 0.05) is 17.8 Å². The Morgan fingerprint density at radius 3 is 2.70 bits per heavy atom. The Morgan fingerprint density at radius 2 is 2.05 bits per heavy atom. The molecule has 0 aromatic carbocycles.